The summed E-state index contributed by atoms with van der Waals surface area (Å²) in [6.07, 6.45) is 7.05. The van der Waals surface area contributed by atoms with Crippen LogP contribution in [0.2, 0.25) is 0 Å². The molecule has 0 fully saturated rings. The second kappa shape index (κ2) is 3.65. The van der Waals surface area contributed by atoms with Gasteiger partial charge in [0.15, 0.2) is 0 Å². The summed E-state index contributed by atoms with van der Waals surface area (Å²) in [7, 11) is 0. The van der Waals surface area contributed by atoms with Crippen LogP contribution in [0.4, 0.5) is 0 Å². The number of phenolic OH excluding ortho intramolecular Hbond substituents is 1. The molecule has 0 saturated carbocycles. The summed E-state index contributed by atoms with van der Waals surface area (Å²) < 4.78 is 0. The van der Waals surface area contributed by atoms with Crippen molar-refractivity contribution in [2.75, 3.05) is 0 Å². The summed E-state index contributed by atoms with van der Waals surface area (Å²) in [4.78, 5) is 0. The second-order valence-corrected chi connectivity index (χ2v) is 3.49. The fourth-order valence-electron chi connectivity index (χ4n) is 1.83. The third-order valence-corrected chi connectivity index (χ3v) is 2.54. The maximum absolute atomic E-state index is 9.62. The highest BCUT2D eigenvalue weighted by Gasteiger charge is 2.08. The van der Waals surface area contributed by atoms with Crippen molar-refractivity contribution in [1.82, 2.24) is 0 Å². The Bertz CT molecular complexity index is 326. The molecule has 0 bridgehead atoms. The molecule has 0 spiro atoms. The Morgan fingerprint density at radius 1 is 1.08 bits per heavy atom. The monoisotopic (exact) mass is 174 g/mol. The topological polar surface area (TPSA) is 20.2 Å². The summed E-state index contributed by atoms with van der Waals surface area (Å²) >= 11 is 0. The zero-order valence-electron chi connectivity index (χ0n) is 7.66. The Morgan fingerprint density at radius 2 is 1.92 bits per heavy atom. The molecule has 1 N–H and O–H groups in total. The maximum Gasteiger partial charge on any atom is 0.123 e. The normalized spacial score (nSPS) is 16.8. The predicted molar refractivity (Wildman–Crippen MR) is 54.6 cm³/mol. The summed E-state index contributed by atoms with van der Waals surface area (Å²) in [6.45, 7) is 0. The van der Waals surface area contributed by atoms with Crippen molar-refractivity contribution in [2.45, 2.75) is 25.7 Å². The lowest BCUT2D eigenvalue weighted by molar-refractivity contribution is 0.473. The lowest BCUT2D eigenvalue weighted by Gasteiger charge is -2.13. The van der Waals surface area contributed by atoms with Gasteiger partial charge in [0.1, 0.15) is 5.75 Å². The van der Waals surface area contributed by atoms with E-state index in [1.165, 1.54) is 18.4 Å². The van der Waals surface area contributed by atoms with Crippen LogP contribution in [-0.2, 0) is 0 Å². The van der Waals surface area contributed by atoms with Gasteiger partial charge in [-0.1, -0.05) is 24.3 Å². The van der Waals surface area contributed by atoms with Crippen LogP contribution in [0.25, 0.3) is 5.57 Å². The van der Waals surface area contributed by atoms with Crippen LogP contribution in [-0.4, -0.2) is 5.11 Å². The Kier molecular flexibility index (Phi) is 2.35. The third kappa shape index (κ3) is 1.74. The van der Waals surface area contributed by atoms with Crippen LogP contribution < -0.4 is 0 Å². The van der Waals surface area contributed by atoms with E-state index in [1.54, 1.807) is 6.07 Å². The minimum atomic E-state index is 0.413. The highest BCUT2D eigenvalue weighted by molar-refractivity contribution is 5.70. The van der Waals surface area contributed by atoms with Crippen LogP contribution in [0.1, 0.15) is 31.2 Å². The molecule has 13 heavy (non-hydrogen) atoms. The summed E-state index contributed by atoms with van der Waals surface area (Å²) in [5, 5.41) is 9.62. The van der Waals surface area contributed by atoms with Gasteiger partial charge in [-0.05, 0) is 37.3 Å². The first-order valence-electron chi connectivity index (χ1n) is 4.85. The molecule has 0 radical (unpaired) electrons. The van der Waals surface area contributed by atoms with E-state index >= 15 is 0 Å². The van der Waals surface area contributed by atoms with E-state index in [0.717, 1.165) is 18.4 Å². The number of rotatable bonds is 1. The lowest BCUT2D eigenvalue weighted by atomic mass is 9.93. The number of hydrogen-bond donors (Lipinski definition) is 1. The van der Waals surface area contributed by atoms with E-state index in [1.807, 2.05) is 18.2 Å². The summed E-state index contributed by atoms with van der Waals surface area (Å²) in [6, 6.07) is 7.59. The second-order valence-electron chi connectivity index (χ2n) is 3.49. The fourth-order valence-corrected chi connectivity index (χ4v) is 1.83. The highest BCUT2D eigenvalue weighted by atomic mass is 16.3. The Hall–Kier alpha value is -1.24. The van der Waals surface area contributed by atoms with Gasteiger partial charge in [-0.15, -0.1) is 0 Å². The SMILES string of the molecule is Oc1ccccc1C1=CCCCC1. The number of aromatic hydroxyl groups is 1. The van der Waals surface area contributed by atoms with Crippen molar-refractivity contribution in [2.24, 2.45) is 0 Å². The van der Waals surface area contributed by atoms with Crippen LogP contribution in [0, 0.1) is 0 Å². The number of hydrogen-bond acceptors (Lipinski definition) is 1. The van der Waals surface area contributed by atoms with Crippen molar-refractivity contribution in [3.05, 3.63) is 35.9 Å². The van der Waals surface area contributed by atoms with Crippen molar-refractivity contribution in [1.29, 1.82) is 0 Å². The first-order valence-corrected chi connectivity index (χ1v) is 4.85. The summed E-state index contributed by atoms with van der Waals surface area (Å²) in [5.41, 5.74) is 2.33. The van der Waals surface area contributed by atoms with Gasteiger partial charge in [0, 0.05) is 5.56 Å². The fraction of sp³-hybridized carbons (Fsp3) is 0.333. The highest BCUT2D eigenvalue weighted by Crippen LogP contribution is 2.31. The van der Waals surface area contributed by atoms with Gasteiger partial charge in [0.2, 0.25) is 0 Å². The van der Waals surface area contributed by atoms with Crippen molar-refractivity contribution < 1.29 is 5.11 Å². The third-order valence-electron chi connectivity index (χ3n) is 2.54. The van der Waals surface area contributed by atoms with E-state index in [-0.39, 0.29) is 0 Å². The molecule has 0 aromatic heterocycles. The van der Waals surface area contributed by atoms with Crippen LogP contribution >= 0.6 is 0 Å². The molecule has 0 amide bonds. The minimum absolute atomic E-state index is 0.413. The molecule has 68 valence electrons. The molecule has 1 nitrogen and oxygen atoms in total. The minimum Gasteiger partial charge on any atom is -0.507 e. The number of phenols is 1. The van der Waals surface area contributed by atoms with Crippen molar-refractivity contribution >= 4 is 5.57 Å². The predicted octanol–water partition coefficient (Wildman–Crippen LogP) is 3.35. The van der Waals surface area contributed by atoms with Crippen LogP contribution in [0.3, 0.4) is 0 Å². The maximum atomic E-state index is 9.62. The Balaban J connectivity index is 2.34. The van der Waals surface area contributed by atoms with E-state index in [9.17, 15) is 5.11 Å². The van der Waals surface area contributed by atoms with Gasteiger partial charge >= 0.3 is 0 Å². The van der Waals surface area contributed by atoms with Gasteiger partial charge in [-0.3, -0.25) is 0 Å². The van der Waals surface area contributed by atoms with Crippen molar-refractivity contribution in [3.63, 3.8) is 0 Å². The molecule has 1 heteroatoms. The quantitative estimate of drug-likeness (QED) is 0.692. The standard InChI is InChI=1S/C12H14O/c13-12-9-5-4-8-11(12)10-6-2-1-3-7-10/h4-6,8-9,13H,1-3,7H2. The first kappa shape index (κ1) is 8.36. The van der Waals surface area contributed by atoms with Gasteiger partial charge in [-0.2, -0.15) is 0 Å². The lowest BCUT2D eigenvalue weighted by Crippen LogP contribution is -1.91. The van der Waals surface area contributed by atoms with Gasteiger partial charge < -0.3 is 5.11 Å². The molecule has 1 aromatic rings. The number of benzene rings is 1. The number of allylic oxidation sites excluding steroid dienone is 2. The average molecular weight is 174 g/mol. The average Bonchev–Trinajstić information content (AvgIpc) is 2.20. The van der Waals surface area contributed by atoms with E-state index in [0.29, 0.717) is 5.75 Å². The van der Waals surface area contributed by atoms with Crippen LogP contribution in [0.5, 0.6) is 5.75 Å². The molecule has 1 aliphatic rings. The molecule has 0 unspecified atom stereocenters. The largest absolute Gasteiger partial charge is 0.507 e. The summed E-state index contributed by atoms with van der Waals surface area (Å²) in [5.74, 6) is 0.413. The molecule has 0 heterocycles. The number of para-hydroxylation sites is 1. The molecule has 0 aliphatic heterocycles. The molecule has 2 rings (SSSR count). The van der Waals surface area contributed by atoms with E-state index in [4.69, 9.17) is 0 Å². The smallest absolute Gasteiger partial charge is 0.123 e. The molecule has 1 aliphatic carbocycles. The van der Waals surface area contributed by atoms with E-state index < -0.39 is 0 Å². The van der Waals surface area contributed by atoms with Gasteiger partial charge in [0.05, 0.1) is 0 Å². The van der Waals surface area contributed by atoms with Gasteiger partial charge in [0.25, 0.3) is 0 Å². The molecule has 0 saturated heterocycles. The Labute approximate surface area is 78.7 Å². The first-order chi connectivity index (χ1) is 6.38. The molecule has 0 atom stereocenters. The zero-order chi connectivity index (χ0) is 9.10. The Morgan fingerprint density at radius 3 is 2.62 bits per heavy atom. The molecular formula is C12H14O. The molecule has 1 aromatic carbocycles. The van der Waals surface area contributed by atoms with E-state index in [2.05, 4.69) is 6.08 Å². The van der Waals surface area contributed by atoms with Crippen LogP contribution in [0.15, 0.2) is 30.3 Å². The molecular weight excluding hydrogens is 160 g/mol. The van der Waals surface area contributed by atoms with Gasteiger partial charge in [-0.25, -0.2) is 0 Å². The zero-order valence-corrected chi connectivity index (χ0v) is 7.66. The van der Waals surface area contributed by atoms with Crippen molar-refractivity contribution in [3.8, 4) is 5.75 Å².